The number of imidazole rings is 1. The third-order valence-corrected chi connectivity index (χ3v) is 6.66. The number of hydrogen-bond acceptors (Lipinski definition) is 8. The van der Waals surface area contributed by atoms with Gasteiger partial charge < -0.3 is 29.1 Å². The lowest BCUT2D eigenvalue weighted by molar-refractivity contribution is -0.221. The molecule has 0 aliphatic carbocycles. The zero-order valence-corrected chi connectivity index (χ0v) is 19.8. The maximum absolute atomic E-state index is 11.6. The number of ether oxygens (including phenoxy) is 3. The average molecular weight is 496 g/mol. The van der Waals surface area contributed by atoms with Crippen molar-refractivity contribution in [3.05, 3.63) is 52.0 Å². The quantitative estimate of drug-likeness (QED) is 0.534. The Morgan fingerprint density at radius 1 is 1.21 bits per heavy atom. The number of H-pyrrole nitrogens is 1. The van der Waals surface area contributed by atoms with Gasteiger partial charge in [-0.05, 0) is 38.5 Å². The van der Waals surface area contributed by atoms with E-state index in [1.54, 1.807) is 36.0 Å². The van der Waals surface area contributed by atoms with E-state index in [0.29, 0.717) is 32.3 Å². The molecular formula is C21H23Cl2N5O5. The van der Waals surface area contributed by atoms with Crippen LogP contribution in [0.15, 0.2) is 36.0 Å². The van der Waals surface area contributed by atoms with Crippen molar-refractivity contribution in [3.8, 4) is 0 Å². The van der Waals surface area contributed by atoms with Crippen molar-refractivity contribution in [2.45, 2.75) is 56.7 Å². The van der Waals surface area contributed by atoms with E-state index in [0.717, 1.165) is 0 Å². The molecule has 1 aromatic carbocycles. The number of aromatic amines is 1. The molecule has 1 unspecified atom stereocenters. The molecule has 0 spiro atoms. The Kier molecular flexibility index (Phi) is 5.43. The Balaban J connectivity index is 1.58. The molecule has 0 saturated carbocycles. The molecule has 2 saturated heterocycles. The van der Waals surface area contributed by atoms with E-state index < -0.39 is 35.9 Å². The second kappa shape index (κ2) is 7.93. The van der Waals surface area contributed by atoms with Crippen LogP contribution in [0.25, 0.3) is 11.2 Å². The van der Waals surface area contributed by atoms with Crippen molar-refractivity contribution in [1.29, 1.82) is 0 Å². The van der Waals surface area contributed by atoms with Gasteiger partial charge in [-0.25, -0.2) is 9.97 Å². The lowest BCUT2D eigenvalue weighted by atomic mass is 9.87. The van der Waals surface area contributed by atoms with Gasteiger partial charge in [0.2, 0.25) is 5.49 Å². The minimum atomic E-state index is -1.47. The summed E-state index contributed by atoms with van der Waals surface area (Å²) in [5, 5.41) is 16.3. The third kappa shape index (κ3) is 3.71. The Bertz CT molecular complexity index is 1270. The zero-order valence-electron chi connectivity index (χ0n) is 18.3. The van der Waals surface area contributed by atoms with Gasteiger partial charge in [0.15, 0.2) is 23.2 Å². The van der Waals surface area contributed by atoms with E-state index in [2.05, 4.69) is 20.1 Å². The minimum absolute atomic E-state index is 0.333. The highest BCUT2D eigenvalue weighted by atomic mass is 35.5. The number of halogens is 2. The maximum atomic E-state index is 11.6. The molecule has 33 heavy (non-hydrogen) atoms. The first kappa shape index (κ1) is 22.6. The SMILES string of the molecule is CO/N=c1\[nH]cnc2c1ncn2[C@@H]1O[C@H](C(C)(O)c2ccc(Cl)c(Cl)c2)[C@H]2OC(C)(C)O[C@H]21. The van der Waals surface area contributed by atoms with Crippen LogP contribution in [0.4, 0.5) is 0 Å². The summed E-state index contributed by atoms with van der Waals surface area (Å²) in [4.78, 5) is 16.6. The number of rotatable bonds is 4. The molecular weight excluding hydrogens is 473 g/mol. The highest BCUT2D eigenvalue weighted by molar-refractivity contribution is 6.42. The van der Waals surface area contributed by atoms with Crippen LogP contribution in [0.2, 0.25) is 10.0 Å². The number of nitrogens with one attached hydrogen (secondary N) is 1. The van der Waals surface area contributed by atoms with Gasteiger partial charge in [0.1, 0.15) is 31.0 Å². The van der Waals surface area contributed by atoms with Crippen LogP contribution in [0.1, 0.15) is 32.6 Å². The highest BCUT2D eigenvalue weighted by Crippen LogP contribution is 2.48. The summed E-state index contributed by atoms with van der Waals surface area (Å²) in [7, 11) is 1.45. The van der Waals surface area contributed by atoms with Crippen molar-refractivity contribution < 1.29 is 24.2 Å². The topological polar surface area (TPSA) is 116 Å². The maximum Gasteiger partial charge on any atom is 0.200 e. The summed E-state index contributed by atoms with van der Waals surface area (Å²) in [6, 6.07) is 4.97. The van der Waals surface area contributed by atoms with E-state index in [4.69, 9.17) is 42.3 Å². The molecule has 2 N–H and O–H groups in total. The van der Waals surface area contributed by atoms with Crippen LogP contribution in [0.3, 0.4) is 0 Å². The monoisotopic (exact) mass is 495 g/mol. The standard InChI is InChI=1S/C21H23Cl2N5O5/c1-20(2)32-14-15(33-20)19(28-9-26-13-17(27-30-4)24-8-25-18(13)28)31-16(14)21(3,29)10-5-6-11(22)12(23)7-10/h5-9,14-16,19,29H,1-4H3,(H,24,25,27)/t14-,15+,16-,19+,21?/m0/s1. The summed E-state index contributed by atoms with van der Waals surface area (Å²) < 4.78 is 20.5. The van der Waals surface area contributed by atoms with E-state index in [9.17, 15) is 5.11 Å². The van der Waals surface area contributed by atoms with Gasteiger partial charge in [0, 0.05) is 0 Å². The van der Waals surface area contributed by atoms with Gasteiger partial charge in [-0.2, -0.15) is 0 Å². The number of aromatic nitrogens is 4. The van der Waals surface area contributed by atoms with Crippen LogP contribution in [0, 0.1) is 0 Å². The first-order valence-electron chi connectivity index (χ1n) is 10.3. The third-order valence-electron chi connectivity index (χ3n) is 5.92. The molecule has 176 valence electrons. The molecule has 4 heterocycles. The molecule has 2 aliphatic rings. The molecule has 2 aliphatic heterocycles. The number of fused-ring (bicyclic) bond motifs is 2. The Morgan fingerprint density at radius 2 is 1.97 bits per heavy atom. The van der Waals surface area contributed by atoms with Crippen molar-refractivity contribution in [2.24, 2.45) is 5.16 Å². The lowest BCUT2D eigenvalue weighted by Gasteiger charge is -2.34. The molecule has 5 rings (SSSR count). The van der Waals surface area contributed by atoms with E-state index in [1.165, 1.54) is 13.4 Å². The van der Waals surface area contributed by atoms with Gasteiger partial charge >= 0.3 is 0 Å². The van der Waals surface area contributed by atoms with E-state index in [-0.39, 0.29) is 0 Å². The van der Waals surface area contributed by atoms with Gasteiger partial charge in [-0.1, -0.05) is 34.4 Å². The number of nitrogens with zero attached hydrogens (tertiary/aromatic N) is 4. The van der Waals surface area contributed by atoms with Crippen molar-refractivity contribution >= 4 is 34.4 Å². The summed E-state index contributed by atoms with van der Waals surface area (Å²) in [6.45, 7) is 5.30. The summed E-state index contributed by atoms with van der Waals surface area (Å²) >= 11 is 12.3. The van der Waals surface area contributed by atoms with Crippen LogP contribution < -0.4 is 5.49 Å². The molecule has 0 bridgehead atoms. The Hall–Kier alpha value is -2.21. The second-order valence-electron chi connectivity index (χ2n) is 8.64. The largest absolute Gasteiger partial charge is 0.397 e. The summed E-state index contributed by atoms with van der Waals surface area (Å²) in [5.41, 5.74) is 0.496. The first-order valence-corrected chi connectivity index (χ1v) is 11.0. The van der Waals surface area contributed by atoms with Crippen LogP contribution in [-0.2, 0) is 24.6 Å². The fourth-order valence-electron chi connectivity index (χ4n) is 4.45. The molecule has 10 nitrogen and oxygen atoms in total. The molecule has 2 aromatic heterocycles. The fraction of sp³-hybridized carbons (Fsp3) is 0.476. The first-order chi connectivity index (χ1) is 15.6. The van der Waals surface area contributed by atoms with Gasteiger partial charge in [0.25, 0.3) is 0 Å². The smallest absolute Gasteiger partial charge is 0.200 e. The normalized spacial score (nSPS) is 28.8. The van der Waals surface area contributed by atoms with Gasteiger partial charge in [0.05, 0.1) is 22.7 Å². The Labute approximate surface area is 199 Å². The predicted molar refractivity (Wildman–Crippen MR) is 118 cm³/mol. The Morgan fingerprint density at radius 3 is 2.70 bits per heavy atom. The second-order valence-corrected chi connectivity index (χ2v) is 9.45. The van der Waals surface area contributed by atoms with Crippen molar-refractivity contribution in [2.75, 3.05) is 7.11 Å². The number of hydrogen-bond donors (Lipinski definition) is 2. The van der Waals surface area contributed by atoms with Crippen molar-refractivity contribution in [3.63, 3.8) is 0 Å². The molecule has 3 aromatic rings. The predicted octanol–water partition coefficient (Wildman–Crippen LogP) is 2.85. The summed E-state index contributed by atoms with van der Waals surface area (Å²) in [6.07, 6.45) is 0.501. The molecule has 2 fully saturated rings. The van der Waals surface area contributed by atoms with Crippen LogP contribution in [0.5, 0.6) is 0 Å². The fourth-order valence-corrected chi connectivity index (χ4v) is 4.75. The highest BCUT2D eigenvalue weighted by Gasteiger charge is 2.60. The van der Waals surface area contributed by atoms with Gasteiger partial charge in [-0.15, -0.1) is 0 Å². The van der Waals surface area contributed by atoms with Crippen LogP contribution >= 0.6 is 23.2 Å². The van der Waals surface area contributed by atoms with Crippen LogP contribution in [-0.4, -0.2) is 55.8 Å². The summed E-state index contributed by atoms with van der Waals surface area (Å²) in [5.74, 6) is -0.878. The average Bonchev–Trinajstić information content (AvgIpc) is 3.41. The number of aliphatic hydroxyl groups is 1. The molecule has 0 radical (unpaired) electrons. The van der Waals surface area contributed by atoms with Gasteiger partial charge in [-0.3, -0.25) is 4.57 Å². The zero-order chi connectivity index (χ0) is 23.5. The van der Waals surface area contributed by atoms with E-state index >= 15 is 0 Å². The van der Waals surface area contributed by atoms with E-state index in [1.807, 2.05) is 13.8 Å². The molecule has 5 atom stereocenters. The molecule has 12 heteroatoms. The lowest BCUT2D eigenvalue weighted by Crippen LogP contribution is -2.45. The van der Waals surface area contributed by atoms with Crippen molar-refractivity contribution in [1.82, 2.24) is 19.5 Å². The molecule has 0 amide bonds. The minimum Gasteiger partial charge on any atom is -0.397 e. The number of benzene rings is 1.